The molecule has 0 saturated heterocycles. The highest BCUT2D eigenvalue weighted by Crippen LogP contribution is 2.30. The summed E-state index contributed by atoms with van der Waals surface area (Å²) in [5.41, 5.74) is 2.07. The minimum absolute atomic E-state index is 0.0981. The van der Waals surface area contributed by atoms with Crippen molar-refractivity contribution in [1.82, 2.24) is 5.32 Å². The Hall–Kier alpha value is -2.21. The van der Waals surface area contributed by atoms with Gasteiger partial charge in [0.1, 0.15) is 0 Å². The summed E-state index contributed by atoms with van der Waals surface area (Å²) in [6.07, 6.45) is -4.38. The topological polar surface area (TPSA) is 30.5 Å². The zero-order chi connectivity index (χ0) is 17.4. The zero-order valence-electron chi connectivity index (χ0n) is 13.4. The van der Waals surface area contributed by atoms with Crippen LogP contribution in [0, 0.1) is 0 Å². The number of ether oxygens (including phenoxy) is 2. The Bertz CT molecular complexity index is 630. The summed E-state index contributed by atoms with van der Waals surface area (Å²) >= 11 is 0. The molecule has 0 spiro atoms. The SMILES string of the molecule is CCOc1cc(CNCc2ccccc2)ccc1OCC(F)(F)F. The molecule has 0 aliphatic carbocycles. The van der Waals surface area contributed by atoms with Gasteiger partial charge in [0, 0.05) is 13.1 Å². The molecular weight excluding hydrogens is 319 g/mol. The van der Waals surface area contributed by atoms with Crippen LogP contribution in [0.25, 0.3) is 0 Å². The Kier molecular flexibility index (Phi) is 6.49. The highest BCUT2D eigenvalue weighted by molar-refractivity contribution is 5.43. The smallest absolute Gasteiger partial charge is 0.422 e. The van der Waals surface area contributed by atoms with E-state index in [1.807, 2.05) is 30.3 Å². The first kappa shape index (κ1) is 18.1. The summed E-state index contributed by atoms with van der Waals surface area (Å²) in [6, 6.07) is 14.9. The molecule has 0 bridgehead atoms. The Morgan fingerprint density at radius 3 is 2.25 bits per heavy atom. The minimum Gasteiger partial charge on any atom is -0.490 e. The predicted molar refractivity (Wildman–Crippen MR) is 86.1 cm³/mol. The molecule has 0 aromatic heterocycles. The molecule has 24 heavy (non-hydrogen) atoms. The molecule has 0 amide bonds. The van der Waals surface area contributed by atoms with Gasteiger partial charge in [-0.2, -0.15) is 13.2 Å². The Morgan fingerprint density at radius 1 is 0.875 bits per heavy atom. The van der Waals surface area contributed by atoms with E-state index in [1.54, 1.807) is 19.1 Å². The lowest BCUT2D eigenvalue weighted by atomic mass is 10.2. The lowest BCUT2D eigenvalue weighted by Gasteiger charge is -2.15. The number of hydrogen-bond acceptors (Lipinski definition) is 3. The van der Waals surface area contributed by atoms with Crippen molar-refractivity contribution in [3.63, 3.8) is 0 Å². The lowest BCUT2D eigenvalue weighted by Crippen LogP contribution is -2.19. The van der Waals surface area contributed by atoms with E-state index in [9.17, 15) is 13.2 Å². The Labute approximate surface area is 139 Å². The number of halogens is 3. The van der Waals surface area contributed by atoms with Gasteiger partial charge >= 0.3 is 6.18 Å². The summed E-state index contributed by atoms with van der Waals surface area (Å²) < 4.78 is 47.1. The maximum atomic E-state index is 12.3. The van der Waals surface area contributed by atoms with Crippen LogP contribution in [-0.2, 0) is 13.1 Å². The summed E-state index contributed by atoms with van der Waals surface area (Å²) in [7, 11) is 0. The van der Waals surface area contributed by atoms with Crippen LogP contribution in [0.3, 0.4) is 0 Å². The highest BCUT2D eigenvalue weighted by Gasteiger charge is 2.29. The monoisotopic (exact) mass is 339 g/mol. The Balaban J connectivity index is 1.96. The number of rotatable bonds is 8. The van der Waals surface area contributed by atoms with Gasteiger partial charge in [-0.25, -0.2) is 0 Å². The zero-order valence-corrected chi connectivity index (χ0v) is 13.4. The van der Waals surface area contributed by atoms with E-state index in [2.05, 4.69) is 5.32 Å². The van der Waals surface area contributed by atoms with Gasteiger partial charge in [0.15, 0.2) is 18.1 Å². The molecule has 2 aromatic rings. The summed E-state index contributed by atoms with van der Waals surface area (Å²) in [6.45, 7) is 2.07. The van der Waals surface area contributed by atoms with Crippen molar-refractivity contribution in [2.45, 2.75) is 26.2 Å². The molecule has 0 aliphatic rings. The van der Waals surface area contributed by atoms with Crippen LogP contribution in [0.5, 0.6) is 11.5 Å². The molecule has 2 rings (SSSR count). The molecule has 2 aromatic carbocycles. The van der Waals surface area contributed by atoms with Crippen molar-refractivity contribution < 1.29 is 22.6 Å². The number of nitrogens with one attached hydrogen (secondary N) is 1. The summed E-state index contributed by atoms with van der Waals surface area (Å²) in [5, 5.41) is 3.29. The molecule has 0 saturated carbocycles. The van der Waals surface area contributed by atoms with Crippen LogP contribution in [-0.4, -0.2) is 19.4 Å². The van der Waals surface area contributed by atoms with Crippen molar-refractivity contribution >= 4 is 0 Å². The van der Waals surface area contributed by atoms with Crippen LogP contribution in [0.15, 0.2) is 48.5 Å². The molecule has 130 valence electrons. The first-order chi connectivity index (χ1) is 11.5. The molecule has 0 fully saturated rings. The van der Waals surface area contributed by atoms with Gasteiger partial charge in [-0.15, -0.1) is 0 Å². The molecule has 0 atom stereocenters. The first-order valence-electron chi connectivity index (χ1n) is 7.68. The maximum Gasteiger partial charge on any atom is 0.422 e. The third-order valence-corrected chi connectivity index (χ3v) is 3.20. The van der Waals surface area contributed by atoms with E-state index < -0.39 is 12.8 Å². The fourth-order valence-corrected chi connectivity index (χ4v) is 2.16. The average molecular weight is 339 g/mol. The van der Waals surface area contributed by atoms with Crippen LogP contribution in [0.1, 0.15) is 18.1 Å². The van der Waals surface area contributed by atoms with Gasteiger partial charge in [-0.1, -0.05) is 36.4 Å². The predicted octanol–water partition coefficient (Wildman–Crippen LogP) is 4.32. The molecule has 0 heterocycles. The van der Waals surface area contributed by atoms with E-state index in [0.717, 1.165) is 11.1 Å². The van der Waals surface area contributed by atoms with E-state index >= 15 is 0 Å². The third-order valence-electron chi connectivity index (χ3n) is 3.20. The minimum atomic E-state index is -4.38. The van der Waals surface area contributed by atoms with Gasteiger partial charge in [-0.3, -0.25) is 0 Å². The molecular formula is C18H20F3NO2. The highest BCUT2D eigenvalue weighted by atomic mass is 19.4. The quantitative estimate of drug-likeness (QED) is 0.777. The normalized spacial score (nSPS) is 11.3. The van der Waals surface area contributed by atoms with Crippen LogP contribution >= 0.6 is 0 Å². The number of hydrogen-bond donors (Lipinski definition) is 1. The van der Waals surface area contributed by atoms with Gasteiger partial charge in [0.2, 0.25) is 0 Å². The molecule has 3 nitrogen and oxygen atoms in total. The van der Waals surface area contributed by atoms with Crippen LogP contribution in [0.4, 0.5) is 13.2 Å². The lowest BCUT2D eigenvalue weighted by molar-refractivity contribution is -0.153. The van der Waals surface area contributed by atoms with Crippen molar-refractivity contribution in [3.05, 3.63) is 59.7 Å². The summed E-state index contributed by atoms with van der Waals surface area (Å²) in [4.78, 5) is 0. The second kappa shape index (κ2) is 8.59. The average Bonchev–Trinajstić information content (AvgIpc) is 2.54. The fraction of sp³-hybridized carbons (Fsp3) is 0.333. The van der Waals surface area contributed by atoms with E-state index in [1.165, 1.54) is 6.07 Å². The standard InChI is InChI=1S/C18H20F3NO2/c1-2-23-17-10-15(8-9-16(17)24-13-18(19,20)21)12-22-11-14-6-4-3-5-7-14/h3-10,22H,2,11-13H2,1H3. The molecule has 0 aliphatic heterocycles. The second-order valence-electron chi connectivity index (χ2n) is 5.21. The van der Waals surface area contributed by atoms with Crippen molar-refractivity contribution in [3.8, 4) is 11.5 Å². The van der Waals surface area contributed by atoms with Crippen LogP contribution in [0.2, 0.25) is 0 Å². The van der Waals surface area contributed by atoms with Gasteiger partial charge < -0.3 is 14.8 Å². The van der Waals surface area contributed by atoms with Gasteiger partial charge in [0.05, 0.1) is 6.61 Å². The van der Waals surface area contributed by atoms with Gasteiger partial charge in [0.25, 0.3) is 0 Å². The molecule has 0 unspecified atom stereocenters. The molecule has 6 heteroatoms. The van der Waals surface area contributed by atoms with Crippen molar-refractivity contribution in [2.75, 3.05) is 13.2 Å². The van der Waals surface area contributed by atoms with Crippen molar-refractivity contribution in [1.29, 1.82) is 0 Å². The largest absolute Gasteiger partial charge is 0.490 e. The molecule has 0 radical (unpaired) electrons. The molecule has 1 N–H and O–H groups in total. The van der Waals surface area contributed by atoms with E-state index in [4.69, 9.17) is 9.47 Å². The van der Waals surface area contributed by atoms with E-state index in [-0.39, 0.29) is 5.75 Å². The fourth-order valence-electron chi connectivity index (χ4n) is 2.16. The van der Waals surface area contributed by atoms with E-state index in [0.29, 0.717) is 25.4 Å². The second-order valence-corrected chi connectivity index (χ2v) is 5.21. The maximum absolute atomic E-state index is 12.3. The third kappa shape index (κ3) is 6.12. The number of benzene rings is 2. The van der Waals surface area contributed by atoms with Crippen LogP contribution < -0.4 is 14.8 Å². The first-order valence-corrected chi connectivity index (χ1v) is 7.68. The van der Waals surface area contributed by atoms with Gasteiger partial charge in [-0.05, 0) is 30.2 Å². The summed E-state index contributed by atoms with van der Waals surface area (Å²) in [5.74, 6) is 0.418. The van der Waals surface area contributed by atoms with Crippen molar-refractivity contribution in [2.24, 2.45) is 0 Å². The Morgan fingerprint density at radius 2 is 1.58 bits per heavy atom. The number of alkyl halides is 3.